The van der Waals surface area contributed by atoms with Crippen LogP contribution in [-0.2, 0) is 13.5 Å². The minimum atomic E-state index is -0.513. The number of Topliss-reactive ketones (excluding diaryl/α,β-unsaturated/α-hetero) is 1. The van der Waals surface area contributed by atoms with Gasteiger partial charge in [-0.3, -0.25) is 9.48 Å². The molecule has 0 unspecified atom stereocenters. The topological polar surface area (TPSA) is 73.1 Å². The van der Waals surface area contributed by atoms with E-state index in [-0.39, 0.29) is 29.3 Å². The van der Waals surface area contributed by atoms with E-state index in [0.29, 0.717) is 5.75 Å². The Balaban J connectivity index is 1.71. The van der Waals surface area contributed by atoms with Crippen LogP contribution in [0.25, 0.3) is 22.3 Å². The third-order valence-corrected chi connectivity index (χ3v) is 5.14. The zero-order chi connectivity index (χ0) is 22.1. The summed E-state index contributed by atoms with van der Waals surface area (Å²) in [4.78, 5) is 23.6. The van der Waals surface area contributed by atoms with Gasteiger partial charge in [-0.25, -0.2) is 14.4 Å². The SMILES string of the molecule is COc1cccc(F)c1-c1nccc(C(=O)Cc2ccc3c(cnn3C)c2N(C)C)n1. The van der Waals surface area contributed by atoms with E-state index in [1.54, 1.807) is 23.0 Å². The predicted molar refractivity (Wildman–Crippen MR) is 117 cm³/mol. The lowest BCUT2D eigenvalue weighted by Crippen LogP contribution is -2.15. The predicted octanol–water partition coefficient (Wildman–Crippen LogP) is 3.67. The first-order chi connectivity index (χ1) is 14.9. The van der Waals surface area contributed by atoms with Crippen LogP contribution in [0.5, 0.6) is 5.75 Å². The molecule has 0 bridgehead atoms. The molecule has 0 aliphatic rings. The van der Waals surface area contributed by atoms with Gasteiger partial charge in [0, 0.05) is 39.1 Å². The molecule has 0 aliphatic carbocycles. The highest BCUT2D eigenvalue weighted by Gasteiger charge is 2.19. The zero-order valence-corrected chi connectivity index (χ0v) is 17.8. The number of nitrogens with zero attached hydrogens (tertiary/aromatic N) is 5. The van der Waals surface area contributed by atoms with Gasteiger partial charge in [-0.15, -0.1) is 0 Å². The summed E-state index contributed by atoms with van der Waals surface area (Å²) < 4.78 is 21.5. The number of rotatable bonds is 6. The first-order valence-electron chi connectivity index (χ1n) is 9.70. The number of hydrogen-bond acceptors (Lipinski definition) is 6. The number of ketones is 1. The van der Waals surface area contributed by atoms with Gasteiger partial charge >= 0.3 is 0 Å². The fourth-order valence-corrected chi connectivity index (χ4v) is 3.72. The smallest absolute Gasteiger partial charge is 0.185 e. The number of benzene rings is 2. The molecule has 0 aliphatic heterocycles. The molecule has 0 amide bonds. The van der Waals surface area contributed by atoms with Crippen LogP contribution in [0.3, 0.4) is 0 Å². The number of ether oxygens (including phenoxy) is 1. The molecule has 0 atom stereocenters. The molecule has 8 heteroatoms. The van der Waals surface area contributed by atoms with Crippen molar-refractivity contribution in [2.45, 2.75) is 6.42 Å². The summed E-state index contributed by atoms with van der Waals surface area (Å²) in [5, 5.41) is 5.29. The van der Waals surface area contributed by atoms with E-state index in [1.165, 1.54) is 25.4 Å². The molecular formula is C23H22FN5O2. The standard InChI is InChI=1S/C23H22FN5O2/c1-28(2)22-14(8-9-18-15(22)13-26-29(18)3)12-19(30)17-10-11-25-23(27-17)21-16(24)6-5-7-20(21)31-4/h5-11,13H,12H2,1-4H3. The summed E-state index contributed by atoms with van der Waals surface area (Å²) in [7, 11) is 7.20. The first kappa shape index (κ1) is 20.5. The minimum Gasteiger partial charge on any atom is -0.496 e. The van der Waals surface area contributed by atoms with Gasteiger partial charge in [0.15, 0.2) is 11.6 Å². The molecule has 4 aromatic rings. The maximum atomic E-state index is 14.4. The van der Waals surface area contributed by atoms with E-state index in [1.807, 2.05) is 38.2 Å². The quantitative estimate of drug-likeness (QED) is 0.444. The molecule has 0 radical (unpaired) electrons. The van der Waals surface area contributed by atoms with Crippen molar-refractivity contribution in [1.29, 1.82) is 0 Å². The van der Waals surface area contributed by atoms with Gasteiger partial charge in [0.2, 0.25) is 0 Å². The molecule has 0 N–H and O–H groups in total. The lowest BCUT2D eigenvalue weighted by molar-refractivity contribution is 0.0988. The van der Waals surface area contributed by atoms with Gasteiger partial charge in [-0.2, -0.15) is 5.10 Å². The van der Waals surface area contributed by atoms with Gasteiger partial charge in [0.1, 0.15) is 17.3 Å². The number of carbonyl (C=O) groups is 1. The van der Waals surface area contributed by atoms with Gasteiger partial charge < -0.3 is 9.64 Å². The molecule has 7 nitrogen and oxygen atoms in total. The average molecular weight is 419 g/mol. The molecule has 2 aromatic heterocycles. The van der Waals surface area contributed by atoms with Gasteiger partial charge in [-0.1, -0.05) is 12.1 Å². The van der Waals surface area contributed by atoms with Crippen LogP contribution < -0.4 is 9.64 Å². The number of hydrogen-bond donors (Lipinski definition) is 0. The number of fused-ring (bicyclic) bond motifs is 1. The van der Waals surface area contributed by atoms with E-state index >= 15 is 0 Å². The molecule has 0 saturated carbocycles. The molecular weight excluding hydrogens is 397 g/mol. The lowest BCUT2D eigenvalue weighted by Gasteiger charge is -2.18. The number of methoxy groups -OCH3 is 1. The van der Waals surface area contributed by atoms with Crippen LogP contribution in [0.4, 0.5) is 10.1 Å². The maximum absolute atomic E-state index is 14.4. The fraction of sp³-hybridized carbons (Fsp3) is 0.217. The van der Waals surface area contributed by atoms with Crippen LogP contribution in [0.1, 0.15) is 16.1 Å². The van der Waals surface area contributed by atoms with E-state index < -0.39 is 5.82 Å². The summed E-state index contributed by atoms with van der Waals surface area (Å²) in [6.07, 6.45) is 3.40. The van der Waals surface area contributed by atoms with Crippen LogP contribution >= 0.6 is 0 Å². The summed E-state index contributed by atoms with van der Waals surface area (Å²) in [5.74, 6) is -0.288. The fourth-order valence-electron chi connectivity index (χ4n) is 3.72. The Kier molecular flexibility index (Phi) is 5.37. The normalized spacial score (nSPS) is 11.0. The third kappa shape index (κ3) is 3.72. The van der Waals surface area contributed by atoms with Crippen molar-refractivity contribution in [3.63, 3.8) is 0 Å². The second-order valence-electron chi connectivity index (χ2n) is 7.35. The van der Waals surface area contributed by atoms with Gasteiger partial charge in [-0.05, 0) is 29.8 Å². The van der Waals surface area contributed by atoms with Crippen molar-refractivity contribution in [3.05, 3.63) is 65.9 Å². The molecule has 0 spiro atoms. The second-order valence-corrected chi connectivity index (χ2v) is 7.35. The van der Waals surface area contributed by atoms with E-state index in [2.05, 4.69) is 15.1 Å². The highest BCUT2D eigenvalue weighted by Crippen LogP contribution is 2.32. The molecule has 0 fully saturated rings. The van der Waals surface area contributed by atoms with Crippen LogP contribution in [0.15, 0.2) is 48.8 Å². The Morgan fingerprint density at radius 2 is 2.00 bits per heavy atom. The van der Waals surface area contributed by atoms with Crippen molar-refractivity contribution >= 4 is 22.4 Å². The van der Waals surface area contributed by atoms with Gasteiger partial charge in [0.05, 0.1) is 30.1 Å². The van der Waals surface area contributed by atoms with Crippen molar-refractivity contribution in [2.24, 2.45) is 7.05 Å². The number of anilines is 1. The van der Waals surface area contributed by atoms with Crippen LogP contribution in [0.2, 0.25) is 0 Å². The van der Waals surface area contributed by atoms with Gasteiger partial charge in [0.25, 0.3) is 0 Å². The maximum Gasteiger partial charge on any atom is 0.185 e. The van der Waals surface area contributed by atoms with E-state index in [4.69, 9.17) is 4.74 Å². The van der Waals surface area contributed by atoms with Crippen molar-refractivity contribution < 1.29 is 13.9 Å². The first-order valence-corrected chi connectivity index (χ1v) is 9.70. The number of carbonyl (C=O) groups excluding carboxylic acids is 1. The van der Waals surface area contributed by atoms with E-state index in [9.17, 15) is 9.18 Å². The number of aromatic nitrogens is 4. The van der Waals surface area contributed by atoms with Crippen molar-refractivity contribution in [3.8, 4) is 17.1 Å². The third-order valence-electron chi connectivity index (χ3n) is 5.14. The largest absolute Gasteiger partial charge is 0.496 e. The van der Waals surface area contributed by atoms with Crippen LogP contribution in [-0.4, -0.2) is 46.7 Å². The molecule has 31 heavy (non-hydrogen) atoms. The highest BCUT2D eigenvalue weighted by atomic mass is 19.1. The molecule has 158 valence electrons. The van der Waals surface area contributed by atoms with E-state index in [0.717, 1.165) is 22.2 Å². The Labute approximate surface area is 179 Å². The molecule has 0 saturated heterocycles. The molecule has 2 heterocycles. The molecule has 2 aromatic carbocycles. The van der Waals surface area contributed by atoms with Crippen molar-refractivity contribution in [1.82, 2.24) is 19.7 Å². The highest BCUT2D eigenvalue weighted by molar-refractivity contribution is 6.00. The number of halogens is 1. The Hall–Kier alpha value is -3.81. The Bertz CT molecular complexity index is 1280. The average Bonchev–Trinajstić information content (AvgIpc) is 3.13. The zero-order valence-electron chi connectivity index (χ0n) is 17.8. The monoisotopic (exact) mass is 419 g/mol. The van der Waals surface area contributed by atoms with Crippen LogP contribution in [0, 0.1) is 5.82 Å². The second kappa shape index (κ2) is 8.14. The van der Waals surface area contributed by atoms with Crippen molar-refractivity contribution in [2.75, 3.05) is 26.1 Å². The molecule has 4 rings (SSSR count). The summed E-state index contributed by atoms with van der Waals surface area (Å²) in [6.45, 7) is 0. The Morgan fingerprint density at radius 1 is 1.19 bits per heavy atom. The minimum absolute atomic E-state index is 0.108. The summed E-state index contributed by atoms with van der Waals surface area (Å²) >= 11 is 0. The lowest BCUT2D eigenvalue weighted by atomic mass is 10.0. The Morgan fingerprint density at radius 3 is 2.74 bits per heavy atom. The summed E-state index contributed by atoms with van der Waals surface area (Å²) in [5.41, 5.74) is 3.12. The summed E-state index contributed by atoms with van der Waals surface area (Å²) in [6, 6.07) is 9.90. The number of aryl methyl sites for hydroxylation is 1.